The van der Waals surface area contributed by atoms with Crippen LogP contribution in [0.25, 0.3) is 0 Å². The Morgan fingerprint density at radius 1 is 1.50 bits per heavy atom. The van der Waals surface area contributed by atoms with Crippen LogP contribution in [0.3, 0.4) is 0 Å². The van der Waals surface area contributed by atoms with Crippen LogP contribution in [0.2, 0.25) is 0 Å². The Hall–Kier alpha value is -0.350. The largest absolute Gasteiger partial charge is 0.468 e. The van der Waals surface area contributed by atoms with E-state index in [0.29, 0.717) is 6.42 Å². The molecule has 0 spiro atoms. The molecule has 0 fully saturated rings. The van der Waals surface area contributed by atoms with Gasteiger partial charge in [0.05, 0.1) is 12.5 Å². The SMILES string of the molecule is COC(=O)C(C)(CCBr)c1cccc(Br)c1. The van der Waals surface area contributed by atoms with Crippen LogP contribution in [0.1, 0.15) is 18.9 Å². The van der Waals surface area contributed by atoms with Crippen LogP contribution in [0.4, 0.5) is 0 Å². The van der Waals surface area contributed by atoms with Crippen LogP contribution in [0.15, 0.2) is 28.7 Å². The summed E-state index contributed by atoms with van der Waals surface area (Å²) in [6.45, 7) is 1.90. The lowest BCUT2D eigenvalue weighted by atomic mass is 9.80. The van der Waals surface area contributed by atoms with Gasteiger partial charge in [-0.15, -0.1) is 0 Å². The Balaban J connectivity index is 3.15. The molecular weight excluding hydrogens is 336 g/mol. The Bertz CT molecular complexity index is 379. The number of ether oxygens (including phenoxy) is 1. The van der Waals surface area contributed by atoms with E-state index in [9.17, 15) is 4.79 Å². The zero-order chi connectivity index (χ0) is 12.2. The fourth-order valence-electron chi connectivity index (χ4n) is 1.61. The van der Waals surface area contributed by atoms with Crippen molar-refractivity contribution in [1.82, 2.24) is 0 Å². The monoisotopic (exact) mass is 348 g/mol. The number of carbonyl (C=O) groups is 1. The van der Waals surface area contributed by atoms with Gasteiger partial charge in [0.1, 0.15) is 0 Å². The van der Waals surface area contributed by atoms with E-state index >= 15 is 0 Å². The summed E-state index contributed by atoms with van der Waals surface area (Å²) in [6, 6.07) is 7.77. The average molecular weight is 350 g/mol. The number of carbonyl (C=O) groups excluding carboxylic acids is 1. The van der Waals surface area contributed by atoms with Crippen LogP contribution in [-0.2, 0) is 14.9 Å². The molecule has 0 saturated heterocycles. The standard InChI is InChI=1S/C12H14Br2O2/c1-12(6-7-13,11(15)16-2)9-4-3-5-10(14)8-9/h3-5,8H,6-7H2,1-2H3. The summed E-state index contributed by atoms with van der Waals surface area (Å²) in [7, 11) is 1.42. The second-order valence-electron chi connectivity index (χ2n) is 3.77. The summed E-state index contributed by atoms with van der Waals surface area (Å²) in [5.74, 6) is -0.204. The molecule has 0 aromatic heterocycles. The third-order valence-electron chi connectivity index (χ3n) is 2.69. The molecule has 0 bridgehead atoms. The minimum Gasteiger partial charge on any atom is -0.468 e. The van der Waals surface area contributed by atoms with E-state index in [0.717, 1.165) is 15.4 Å². The van der Waals surface area contributed by atoms with Crippen molar-refractivity contribution in [2.75, 3.05) is 12.4 Å². The first-order valence-corrected chi connectivity index (χ1v) is 6.86. The molecule has 0 aliphatic carbocycles. The van der Waals surface area contributed by atoms with Crippen molar-refractivity contribution < 1.29 is 9.53 Å². The molecule has 16 heavy (non-hydrogen) atoms. The van der Waals surface area contributed by atoms with Crippen molar-refractivity contribution in [3.8, 4) is 0 Å². The molecule has 0 heterocycles. The second-order valence-corrected chi connectivity index (χ2v) is 5.48. The quantitative estimate of drug-likeness (QED) is 0.612. The fourth-order valence-corrected chi connectivity index (χ4v) is 2.80. The van der Waals surface area contributed by atoms with Gasteiger partial charge in [0, 0.05) is 9.80 Å². The first-order valence-electron chi connectivity index (χ1n) is 4.95. The maximum atomic E-state index is 11.9. The van der Waals surface area contributed by atoms with Crippen LogP contribution >= 0.6 is 31.9 Å². The normalized spacial score (nSPS) is 14.2. The van der Waals surface area contributed by atoms with E-state index in [1.807, 2.05) is 31.2 Å². The third kappa shape index (κ3) is 2.86. The Morgan fingerprint density at radius 2 is 2.19 bits per heavy atom. The average Bonchev–Trinajstić information content (AvgIpc) is 2.28. The number of esters is 1. The molecule has 2 nitrogen and oxygen atoms in total. The minimum absolute atomic E-state index is 0.204. The number of hydrogen-bond acceptors (Lipinski definition) is 2. The van der Waals surface area contributed by atoms with Crippen LogP contribution in [0, 0.1) is 0 Å². The summed E-state index contributed by atoms with van der Waals surface area (Å²) in [5, 5.41) is 0.755. The number of hydrogen-bond donors (Lipinski definition) is 0. The highest BCUT2D eigenvalue weighted by Gasteiger charge is 2.35. The third-order valence-corrected chi connectivity index (χ3v) is 3.58. The lowest BCUT2D eigenvalue weighted by Crippen LogP contribution is -2.34. The number of methoxy groups -OCH3 is 1. The highest BCUT2D eigenvalue weighted by Crippen LogP contribution is 2.31. The van der Waals surface area contributed by atoms with Gasteiger partial charge in [0.2, 0.25) is 0 Å². The molecule has 1 aromatic carbocycles. The second kappa shape index (κ2) is 5.82. The number of alkyl halides is 1. The van der Waals surface area contributed by atoms with E-state index in [4.69, 9.17) is 4.74 Å². The number of rotatable bonds is 4. The summed E-state index contributed by atoms with van der Waals surface area (Å²) in [6.07, 6.45) is 0.704. The number of halogens is 2. The van der Waals surface area contributed by atoms with E-state index in [2.05, 4.69) is 31.9 Å². The van der Waals surface area contributed by atoms with E-state index in [-0.39, 0.29) is 5.97 Å². The van der Waals surface area contributed by atoms with Crippen molar-refractivity contribution in [2.45, 2.75) is 18.8 Å². The van der Waals surface area contributed by atoms with E-state index < -0.39 is 5.41 Å². The zero-order valence-electron chi connectivity index (χ0n) is 9.30. The van der Waals surface area contributed by atoms with E-state index in [1.54, 1.807) is 0 Å². The van der Waals surface area contributed by atoms with Gasteiger partial charge in [-0.05, 0) is 31.0 Å². The van der Waals surface area contributed by atoms with Gasteiger partial charge in [-0.1, -0.05) is 44.0 Å². The topological polar surface area (TPSA) is 26.3 Å². The number of benzene rings is 1. The Morgan fingerprint density at radius 3 is 2.69 bits per heavy atom. The molecule has 0 aliphatic heterocycles. The minimum atomic E-state index is -0.595. The van der Waals surface area contributed by atoms with E-state index in [1.165, 1.54) is 7.11 Å². The summed E-state index contributed by atoms with van der Waals surface area (Å²) < 4.78 is 5.85. The molecule has 0 N–H and O–H groups in total. The van der Waals surface area contributed by atoms with Crippen molar-refractivity contribution in [3.05, 3.63) is 34.3 Å². The fraction of sp³-hybridized carbons (Fsp3) is 0.417. The highest BCUT2D eigenvalue weighted by atomic mass is 79.9. The molecule has 1 atom stereocenters. The van der Waals surface area contributed by atoms with Crippen LogP contribution in [0.5, 0.6) is 0 Å². The van der Waals surface area contributed by atoms with Gasteiger partial charge in [-0.3, -0.25) is 4.79 Å². The van der Waals surface area contributed by atoms with Gasteiger partial charge >= 0.3 is 5.97 Å². The predicted octanol–water partition coefficient (Wildman–Crippen LogP) is 3.66. The van der Waals surface area contributed by atoms with Gasteiger partial charge in [0.15, 0.2) is 0 Å². The van der Waals surface area contributed by atoms with Crippen molar-refractivity contribution >= 4 is 37.8 Å². The Labute approximate surface area is 113 Å². The van der Waals surface area contributed by atoms with Gasteiger partial charge in [-0.2, -0.15) is 0 Å². The van der Waals surface area contributed by atoms with Crippen molar-refractivity contribution in [2.24, 2.45) is 0 Å². The van der Waals surface area contributed by atoms with Gasteiger partial charge in [-0.25, -0.2) is 0 Å². The van der Waals surface area contributed by atoms with Gasteiger partial charge in [0.25, 0.3) is 0 Å². The lowest BCUT2D eigenvalue weighted by molar-refractivity contribution is -0.147. The van der Waals surface area contributed by atoms with Crippen molar-refractivity contribution in [1.29, 1.82) is 0 Å². The predicted molar refractivity (Wildman–Crippen MR) is 71.9 cm³/mol. The Kier molecular flexibility index (Phi) is 4.99. The molecule has 0 aliphatic rings. The lowest BCUT2D eigenvalue weighted by Gasteiger charge is -2.26. The van der Waals surface area contributed by atoms with Crippen LogP contribution < -0.4 is 0 Å². The molecule has 4 heteroatoms. The zero-order valence-corrected chi connectivity index (χ0v) is 12.5. The first kappa shape index (κ1) is 13.7. The molecule has 1 aromatic rings. The maximum absolute atomic E-state index is 11.9. The van der Waals surface area contributed by atoms with Crippen LogP contribution in [-0.4, -0.2) is 18.4 Å². The maximum Gasteiger partial charge on any atom is 0.316 e. The molecular formula is C12H14Br2O2. The summed E-state index contributed by atoms with van der Waals surface area (Å²) in [5.41, 5.74) is 0.371. The molecule has 88 valence electrons. The molecule has 0 amide bonds. The highest BCUT2D eigenvalue weighted by molar-refractivity contribution is 9.10. The first-order chi connectivity index (χ1) is 7.54. The summed E-state index contributed by atoms with van der Waals surface area (Å²) >= 11 is 6.79. The molecule has 0 saturated carbocycles. The molecule has 0 radical (unpaired) electrons. The smallest absolute Gasteiger partial charge is 0.316 e. The van der Waals surface area contributed by atoms with Crippen molar-refractivity contribution in [3.63, 3.8) is 0 Å². The molecule has 1 rings (SSSR count). The summed E-state index contributed by atoms with van der Waals surface area (Å²) in [4.78, 5) is 11.9. The van der Waals surface area contributed by atoms with Gasteiger partial charge < -0.3 is 4.74 Å². The molecule has 1 unspecified atom stereocenters.